The second-order valence-electron chi connectivity index (χ2n) is 6.32. The van der Waals surface area contributed by atoms with Gasteiger partial charge in [0.2, 0.25) is 0 Å². The molecule has 3 aromatic carbocycles. The van der Waals surface area contributed by atoms with E-state index >= 15 is 0 Å². The molecule has 0 saturated heterocycles. The quantitative estimate of drug-likeness (QED) is 0.292. The zero-order valence-electron chi connectivity index (χ0n) is 16.2. The molecule has 0 atom stereocenters. The number of amides is 1. The molecule has 3 rings (SSSR count). The molecule has 0 radical (unpaired) electrons. The Kier molecular flexibility index (Phi) is 7.56. The average molecular weight is 440 g/mol. The molecule has 0 unspecified atom stereocenters. The summed E-state index contributed by atoms with van der Waals surface area (Å²) in [5, 5.41) is 17.7. The molecular formula is C22H18ClN3O5. The van der Waals surface area contributed by atoms with E-state index < -0.39 is 4.92 Å². The SMILES string of the molecule is O=C(CON=Cc1cc(Cl)ccc1OCc1ccc([N+](=O)[O-])cc1)Nc1ccccc1. The van der Waals surface area contributed by atoms with Gasteiger partial charge in [0.25, 0.3) is 11.6 Å². The van der Waals surface area contributed by atoms with Gasteiger partial charge in [-0.05, 0) is 48.0 Å². The minimum absolute atomic E-state index is 0.0107. The van der Waals surface area contributed by atoms with Crippen molar-refractivity contribution in [2.24, 2.45) is 5.16 Å². The van der Waals surface area contributed by atoms with Gasteiger partial charge in [0.1, 0.15) is 12.4 Å². The van der Waals surface area contributed by atoms with Crippen molar-refractivity contribution in [3.8, 4) is 5.75 Å². The fourth-order valence-electron chi connectivity index (χ4n) is 2.54. The number of nitro benzene ring substituents is 1. The molecule has 9 heteroatoms. The van der Waals surface area contributed by atoms with E-state index in [1.165, 1.54) is 18.3 Å². The van der Waals surface area contributed by atoms with E-state index in [0.29, 0.717) is 22.0 Å². The lowest BCUT2D eigenvalue weighted by Gasteiger charge is -2.09. The summed E-state index contributed by atoms with van der Waals surface area (Å²) in [4.78, 5) is 27.2. The Morgan fingerprint density at radius 3 is 2.55 bits per heavy atom. The number of carbonyl (C=O) groups excluding carboxylic acids is 1. The topological polar surface area (TPSA) is 103 Å². The van der Waals surface area contributed by atoms with Crippen molar-refractivity contribution < 1.29 is 19.3 Å². The van der Waals surface area contributed by atoms with Gasteiger partial charge in [-0.25, -0.2) is 0 Å². The maximum absolute atomic E-state index is 11.9. The predicted octanol–water partition coefficient (Wildman–Crippen LogP) is 4.82. The van der Waals surface area contributed by atoms with Crippen molar-refractivity contribution in [2.45, 2.75) is 6.61 Å². The van der Waals surface area contributed by atoms with E-state index in [2.05, 4.69) is 10.5 Å². The fraction of sp³-hybridized carbons (Fsp3) is 0.0909. The number of nitrogens with zero attached hydrogens (tertiary/aromatic N) is 2. The summed E-state index contributed by atoms with van der Waals surface area (Å²) in [5.74, 6) is 0.146. The number of anilines is 1. The van der Waals surface area contributed by atoms with E-state index in [1.54, 1.807) is 42.5 Å². The maximum Gasteiger partial charge on any atom is 0.269 e. The highest BCUT2D eigenvalue weighted by Crippen LogP contribution is 2.23. The monoisotopic (exact) mass is 439 g/mol. The molecule has 0 saturated carbocycles. The summed E-state index contributed by atoms with van der Waals surface area (Å²) in [7, 11) is 0. The van der Waals surface area contributed by atoms with Gasteiger partial charge in [-0.15, -0.1) is 0 Å². The van der Waals surface area contributed by atoms with Crippen LogP contribution in [0, 0.1) is 10.1 Å². The lowest BCUT2D eigenvalue weighted by Crippen LogP contribution is -2.16. The van der Waals surface area contributed by atoms with E-state index in [-0.39, 0.29) is 24.8 Å². The smallest absolute Gasteiger partial charge is 0.269 e. The largest absolute Gasteiger partial charge is 0.488 e. The van der Waals surface area contributed by atoms with Crippen molar-refractivity contribution in [3.63, 3.8) is 0 Å². The molecule has 3 aromatic rings. The maximum atomic E-state index is 11.9. The van der Waals surface area contributed by atoms with Gasteiger partial charge in [-0.1, -0.05) is 35.0 Å². The number of carbonyl (C=O) groups is 1. The fourth-order valence-corrected chi connectivity index (χ4v) is 2.72. The van der Waals surface area contributed by atoms with Crippen LogP contribution in [0.2, 0.25) is 5.02 Å². The summed E-state index contributed by atoms with van der Waals surface area (Å²) in [5.41, 5.74) is 1.99. The number of halogens is 1. The molecule has 0 fully saturated rings. The molecule has 0 aliphatic heterocycles. The molecule has 0 aromatic heterocycles. The Bertz CT molecular complexity index is 1070. The first-order valence-electron chi connectivity index (χ1n) is 9.17. The number of para-hydroxylation sites is 1. The Morgan fingerprint density at radius 1 is 1.10 bits per heavy atom. The number of hydrogen-bond acceptors (Lipinski definition) is 6. The normalized spacial score (nSPS) is 10.6. The van der Waals surface area contributed by atoms with Crippen LogP contribution in [0.3, 0.4) is 0 Å². The third kappa shape index (κ3) is 6.83. The van der Waals surface area contributed by atoms with Crippen molar-refractivity contribution in [3.05, 3.63) is 99.1 Å². The standard InChI is InChI=1S/C22H18ClN3O5/c23-18-8-11-21(30-14-16-6-9-20(10-7-16)26(28)29)17(12-18)13-24-31-15-22(27)25-19-4-2-1-3-5-19/h1-13H,14-15H2,(H,25,27). The highest BCUT2D eigenvalue weighted by Gasteiger charge is 2.07. The molecule has 8 nitrogen and oxygen atoms in total. The van der Waals surface area contributed by atoms with Crippen LogP contribution < -0.4 is 10.1 Å². The van der Waals surface area contributed by atoms with E-state index in [9.17, 15) is 14.9 Å². The molecule has 0 aliphatic carbocycles. The zero-order chi connectivity index (χ0) is 22.1. The number of nitro groups is 1. The van der Waals surface area contributed by atoms with Crippen molar-refractivity contribution in [1.82, 2.24) is 0 Å². The summed E-state index contributed by atoms with van der Waals surface area (Å²) >= 11 is 6.05. The molecule has 1 amide bonds. The first-order valence-corrected chi connectivity index (χ1v) is 9.55. The molecule has 0 spiro atoms. The molecular weight excluding hydrogens is 422 g/mol. The lowest BCUT2D eigenvalue weighted by atomic mass is 10.2. The summed E-state index contributed by atoms with van der Waals surface area (Å²) in [6, 6.07) is 20.1. The minimum atomic E-state index is -0.460. The molecule has 0 bridgehead atoms. The van der Waals surface area contributed by atoms with Crippen LogP contribution >= 0.6 is 11.6 Å². The Hall–Kier alpha value is -3.91. The summed E-state index contributed by atoms with van der Waals surface area (Å²) in [6.07, 6.45) is 1.40. The lowest BCUT2D eigenvalue weighted by molar-refractivity contribution is -0.384. The Morgan fingerprint density at radius 2 is 1.84 bits per heavy atom. The van der Waals surface area contributed by atoms with Gasteiger partial charge >= 0.3 is 0 Å². The number of nitrogens with one attached hydrogen (secondary N) is 1. The average Bonchev–Trinajstić information content (AvgIpc) is 2.77. The van der Waals surface area contributed by atoms with Crippen LogP contribution in [0.15, 0.2) is 78.0 Å². The first-order chi connectivity index (χ1) is 15.0. The Labute approximate surface area is 183 Å². The van der Waals surface area contributed by atoms with Crippen molar-refractivity contribution in [1.29, 1.82) is 0 Å². The third-order valence-corrected chi connectivity index (χ3v) is 4.27. The number of non-ortho nitro benzene ring substituents is 1. The molecule has 1 N–H and O–H groups in total. The van der Waals surface area contributed by atoms with E-state index in [1.807, 2.05) is 18.2 Å². The van der Waals surface area contributed by atoms with Crippen LogP contribution in [0.4, 0.5) is 11.4 Å². The van der Waals surface area contributed by atoms with Gasteiger partial charge < -0.3 is 14.9 Å². The van der Waals surface area contributed by atoms with Gasteiger partial charge in [0.05, 0.1) is 11.1 Å². The Balaban J connectivity index is 1.56. The number of rotatable bonds is 9. The third-order valence-electron chi connectivity index (χ3n) is 4.03. The van der Waals surface area contributed by atoms with E-state index in [0.717, 1.165) is 5.56 Å². The molecule has 0 heterocycles. The minimum Gasteiger partial charge on any atom is -0.488 e. The first kappa shape index (κ1) is 21.8. The van der Waals surface area contributed by atoms with Gasteiger partial charge in [-0.3, -0.25) is 14.9 Å². The second-order valence-corrected chi connectivity index (χ2v) is 6.75. The summed E-state index contributed by atoms with van der Waals surface area (Å²) in [6.45, 7) is -0.0637. The molecule has 158 valence electrons. The van der Waals surface area contributed by atoms with Crippen LogP contribution in [-0.4, -0.2) is 23.7 Å². The van der Waals surface area contributed by atoms with Crippen molar-refractivity contribution in [2.75, 3.05) is 11.9 Å². The van der Waals surface area contributed by atoms with Gasteiger partial charge in [0.15, 0.2) is 6.61 Å². The molecule has 0 aliphatic rings. The number of hydrogen-bond donors (Lipinski definition) is 1. The van der Waals surface area contributed by atoms with Gasteiger partial charge in [0, 0.05) is 28.4 Å². The number of oxime groups is 1. The van der Waals surface area contributed by atoms with Crippen LogP contribution in [0.5, 0.6) is 5.75 Å². The van der Waals surface area contributed by atoms with Crippen LogP contribution in [0.25, 0.3) is 0 Å². The highest BCUT2D eigenvalue weighted by molar-refractivity contribution is 6.30. The number of benzene rings is 3. The number of ether oxygens (including phenoxy) is 1. The van der Waals surface area contributed by atoms with E-state index in [4.69, 9.17) is 21.2 Å². The van der Waals surface area contributed by atoms with Crippen LogP contribution in [-0.2, 0) is 16.2 Å². The highest BCUT2D eigenvalue weighted by atomic mass is 35.5. The van der Waals surface area contributed by atoms with Gasteiger partial charge in [-0.2, -0.15) is 0 Å². The molecule has 31 heavy (non-hydrogen) atoms. The summed E-state index contributed by atoms with van der Waals surface area (Å²) < 4.78 is 5.78. The predicted molar refractivity (Wildman–Crippen MR) is 117 cm³/mol. The second kappa shape index (κ2) is 10.7. The van der Waals surface area contributed by atoms with Crippen LogP contribution in [0.1, 0.15) is 11.1 Å². The zero-order valence-corrected chi connectivity index (χ0v) is 17.0. The van der Waals surface area contributed by atoms with Crippen molar-refractivity contribution >= 4 is 35.1 Å².